The first-order valence-corrected chi connectivity index (χ1v) is 7.89. The summed E-state index contributed by atoms with van der Waals surface area (Å²) in [4.78, 5) is 2.43. The van der Waals surface area contributed by atoms with Gasteiger partial charge in [-0.05, 0) is 25.3 Å². The Labute approximate surface area is 122 Å². The predicted molar refractivity (Wildman–Crippen MR) is 83.6 cm³/mol. The Morgan fingerprint density at radius 1 is 1.20 bits per heavy atom. The third-order valence-electron chi connectivity index (χ3n) is 4.49. The zero-order valence-electron chi connectivity index (χ0n) is 12.6. The van der Waals surface area contributed by atoms with Crippen LogP contribution in [0.25, 0.3) is 0 Å². The summed E-state index contributed by atoms with van der Waals surface area (Å²) in [5.41, 5.74) is 8.61. The number of hydrogen-bond acceptors (Lipinski definition) is 3. The van der Waals surface area contributed by atoms with Crippen LogP contribution in [-0.2, 0) is 0 Å². The van der Waals surface area contributed by atoms with Crippen molar-refractivity contribution in [3.8, 4) is 0 Å². The van der Waals surface area contributed by atoms with E-state index in [0.717, 1.165) is 6.54 Å². The fourth-order valence-corrected chi connectivity index (χ4v) is 3.37. The van der Waals surface area contributed by atoms with E-state index in [9.17, 15) is 5.11 Å². The van der Waals surface area contributed by atoms with Crippen molar-refractivity contribution in [2.75, 3.05) is 19.7 Å². The van der Waals surface area contributed by atoms with Crippen LogP contribution in [0.4, 0.5) is 0 Å². The molecule has 0 aromatic heterocycles. The van der Waals surface area contributed by atoms with Gasteiger partial charge in [0.2, 0.25) is 0 Å². The van der Waals surface area contributed by atoms with Gasteiger partial charge < -0.3 is 10.8 Å². The van der Waals surface area contributed by atoms with E-state index in [1.165, 1.54) is 43.2 Å². The molecule has 3 heteroatoms. The van der Waals surface area contributed by atoms with Crippen molar-refractivity contribution in [2.24, 2.45) is 5.73 Å². The number of aliphatic hydroxyl groups is 1. The van der Waals surface area contributed by atoms with Gasteiger partial charge in [-0.1, -0.05) is 49.1 Å². The molecule has 1 aliphatic carbocycles. The third-order valence-corrected chi connectivity index (χ3v) is 4.49. The van der Waals surface area contributed by atoms with Crippen LogP contribution in [0.2, 0.25) is 0 Å². The van der Waals surface area contributed by atoms with E-state index in [2.05, 4.69) is 36.1 Å². The maximum atomic E-state index is 9.42. The number of hydrogen-bond donors (Lipinski definition) is 2. The van der Waals surface area contributed by atoms with E-state index in [1.807, 2.05) is 0 Å². The number of nitrogens with zero attached hydrogens (tertiary/aromatic N) is 1. The molecule has 0 spiro atoms. The number of aliphatic hydroxyl groups excluding tert-OH is 1. The van der Waals surface area contributed by atoms with Crippen LogP contribution < -0.4 is 5.73 Å². The average molecular weight is 276 g/mol. The van der Waals surface area contributed by atoms with Crippen LogP contribution in [0.3, 0.4) is 0 Å². The molecule has 0 radical (unpaired) electrons. The minimum absolute atomic E-state index is 0.207. The highest BCUT2D eigenvalue weighted by Crippen LogP contribution is 2.29. The summed E-state index contributed by atoms with van der Waals surface area (Å²) in [6.45, 7) is 3.65. The van der Waals surface area contributed by atoms with Crippen LogP contribution in [0.15, 0.2) is 24.3 Å². The van der Waals surface area contributed by atoms with E-state index in [-0.39, 0.29) is 12.6 Å². The monoisotopic (exact) mass is 276 g/mol. The molecule has 0 aliphatic heterocycles. The van der Waals surface area contributed by atoms with Crippen molar-refractivity contribution in [3.63, 3.8) is 0 Å². The summed E-state index contributed by atoms with van der Waals surface area (Å²) >= 11 is 0. The van der Waals surface area contributed by atoms with Crippen LogP contribution in [0.1, 0.15) is 49.3 Å². The van der Waals surface area contributed by atoms with Gasteiger partial charge >= 0.3 is 0 Å². The van der Waals surface area contributed by atoms with Gasteiger partial charge in [0.15, 0.2) is 0 Å². The molecule has 1 aromatic carbocycles. The van der Waals surface area contributed by atoms with E-state index in [0.29, 0.717) is 12.6 Å². The normalized spacial score (nSPS) is 18.4. The number of nitrogens with two attached hydrogens (primary N) is 1. The standard InChI is InChI=1S/C17H28N2O/c1-14-7-9-15(10-8-14)17(13-18)19(11-12-20)16-5-3-2-4-6-16/h7-10,16-17,20H,2-6,11-13,18H2,1H3. The quantitative estimate of drug-likeness (QED) is 0.839. The van der Waals surface area contributed by atoms with E-state index in [4.69, 9.17) is 5.73 Å². The van der Waals surface area contributed by atoms with Crippen molar-refractivity contribution in [3.05, 3.63) is 35.4 Å². The molecule has 0 amide bonds. The molecule has 0 bridgehead atoms. The molecule has 20 heavy (non-hydrogen) atoms. The second-order valence-corrected chi connectivity index (χ2v) is 5.92. The fourth-order valence-electron chi connectivity index (χ4n) is 3.37. The Hall–Kier alpha value is -0.900. The number of benzene rings is 1. The molecular formula is C17H28N2O. The fraction of sp³-hybridized carbons (Fsp3) is 0.647. The van der Waals surface area contributed by atoms with Crippen molar-refractivity contribution in [2.45, 2.75) is 51.1 Å². The van der Waals surface area contributed by atoms with E-state index in [1.54, 1.807) is 0 Å². The van der Waals surface area contributed by atoms with E-state index >= 15 is 0 Å². The first-order valence-electron chi connectivity index (χ1n) is 7.89. The third kappa shape index (κ3) is 3.81. The van der Waals surface area contributed by atoms with Crippen LogP contribution in [-0.4, -0.2) is 35.7 Å². The molecule has 1 unspecified atom stereocenters. The number of aryl methyl sites for hydroxylation is 1. The Morgan fingerprint density at radius 3 is 2.40 bits per heavy atom. The molecule has 2 rings (SSSR count). The molecule has 3 nitrogen and oxygen atoms in total. The summed E-state index contributed by atoms with van der Waals surface area (Å²) in [5.74, 6) is 0. The minimum Gasteiger partial charge on any atom is -0.395 e. The van der Waals surface area contributed by atoms with Gasteiger partial charge in [0.1, 0.15) is 0 Å². The van der Waals surface area contributed by atoms with E-state index < -0.39 is 0 Å². The average Bonchev–Trinajstić information content (AvgIpc) is 2.50. The Morgan fingerprint density at radius 2 is 1.85 bits per heavy atom. The van der Waals surface area contributed by atoms with Gasteiger partial charge in [-0.3, -0.25) is 4.90 Å². The Balaban J connectivity index is 2.17. The topological polar surface area (TPSA) is 49.5 Å². The highest BCUT2D eigenvalue weighted by atomic mass is 16.3. The highest BCUT2D eigenvalue weighted by Gasteiger charge is 2.27. The summed E-state index contributed by atoms with van der Waals surface area (Å²) in [6.07, 6.45) is 6.43. The molecule has 1 aliphatic rings. The summed E-state index contributed by atoms with van der Waals surface area (Å²) in [6, 6.07) is 9.46. The van der Waals surface area contributed by atoms with Crippen LogP contribution >= 0.6 is 0 Å². The molecule has 3 N–H and O–H groups in total. The molecule has 1 atom stereocenters. The Bertz CT molecular complexity index is 384. The number of rotatable bonds is 6. The first kappa shape index (κ1) is 15.5. The molecular weight excluding hydrogens is 248 g/mol. The zero-order valence-corrected chi connectivity index (χ0v) is 12.6. The minimum atomic E-state index is 0.207. The second kappa shape index (κ2) is 7.77. The van der Waals surface area contributed by atoms with Crippen LogP contribution in [0.5, 0.6) is 0 Å². The summed E-state index contributed by atoms with van der Waals surface area (Å²) in [7, 11) is 0. The highest BCUT2D eigenvalue weighted by molar-refractivity contribution is 5.24. The first-order chi connectivity index (χ1) is 9.76. The van der Waals surface area contributed by atoms with Crippen LogP contribution in [0, 0.1) is 6.92 Å². The SMILES string of the molecule is Cc1ccc(C(CN)N(CCO)C2CCCCC2)cc1. The molecule has 112 valence electrons. The van der Waals surface area contributed by atoms with Crippen molar-refractivity contribution >= 4 is 0 Å². The maximum Gasteiger partial charge on any atom is 0.0558 e. The summed E-state index contributed by atoms with van der Waals surface area (Å²) in [5, 5.41) is 9.42. The lowest BCUT2D eigenvalue weighted by atomic mass is 9.91. The van der Waals surface area contributed by atoms with Crippen molar-refractivity contribution < 1.29 is 5.11 Å². The maximum absolute atomic E-state index is 9.42. The van der Waals surface area contributed by atoms with Gasteiger partial charge in [0.05, 0.1) is 6.61 Å². The van der Waals surface area contributed by atoms with Crippen molar-refractivity contribution in [1.29, 1.82) is 0 Å². The molecule has 1 fully saturated rings. The van der Waals surface area contributed by atoms with Gasteiger partial charge in [-0.15, -0.1) is 0 Å². The zero-order chi connectivity index (χ0) is 14.4. The lowest BCUT2D eigenvalue weighted by Crippen LogP contribution is -2.44. The summed E-state index contributed by atoms with van der Waals surface area (Å²) < 4.78 is 0. The molecule has 0 heterocycles. The predicted octanol–water partition coefficient (Wildman–Crippen LogP) is 2.62. The van der Waals surface area contributed by atoms with Gasteiger partial charge in [0, 0.05) is 25.2 Å². The largest absolute Gasteiger partial charge is 0.395 e. The van der Waals surface area contributed by atoms with Gasteiger partial charge in [-0.2, -0.15) is 0 Å². The lowest BCUT2D eigenvalue weighted by Gasteiger charge is -2.39. The molecule has 1 aromatic rings. The molecule has 1 saturated carbocycles. The smallest absolute Gasteiger partial charge is 0.0558 e. The van der Waals surface area contributed by atoms with Crippen molar-refractivity contribution in [1.82, 2.24) is 4.90 Å². The Kier molecular flexibility index (Phi) is 6.02. The lowest BCUT2D eigenvalue weighted by molar-refractivity contribution is 0.0829. The van der Waals surface area contributed by atoms with Gasteiger partial charge in [0.25, 0.3) is 0 Å². The second-order valence-electron chi connectivity index (χ2n) is 5.92. The molecule has 0 saturated heterocycles. The van der Waals surface area contributed by atoms with Gasteiger partial charge in [-0.25, -0.2) is 0 Å².